The van der Waals surface area contributed by atoms with E-state index in [2.05, 4.69) is 0 Å². The number of aryl methyl sites for hydroxylation is 2. The summed E-state index contributed by atoms with van der Waals surface area (Å²) in [6, 6.07) is 15.7. The van der Waals surface area contributed by atoms with Crippen molar-refractivity contribution in [1.82, 2.24) is 0 Å². The number of carbonyl (C=O) groups is 2. The fourth-order valence-corrected chi connectivity index (χ4v) is 3.75. The molecule has 0 saturated carbocycles. The first-order chi connectivity index (χ1) is 14.8. The van der Waals surface area contributed by atoms with Gasteiger partial charge in [0.25, 0.3) is 11.7 Å². The standard InChI is InChI=1S/C25H20FNO4/c1-14-7-8-17(13-15(14)2)23(29)21-22(16-9-11-18(26)12-10-16)27(25(31)24(21)30)19-5-3-4-6-20(19)28/h3-13,22,28-29H,1-2H3/b23-21-. The number of para-hydroxylation sites is 2. The van der Waals surface area contributed by atoms with E-state index in [0.717, 1.165) is 16.0 Å². The van der Waals surface area contributed by atoms with Crippen molar-refractivity contribution in [1.29, 1.82) is 0 Å². The zero-order valence-corrected chi connectivity index (χ0v) is 17.0. The first-order valence-electron chi connectivity index (χ1n) is 9.71. The molecule has 1 aliphatic rings. The highest BCUT2D eigenvalue weighted by molar-refractivity contribution is 6.51. The van der Waals surface area contributed by atoms with E-state index in [1.165, 1.54) is 36.4 Å². The smallest absolute Gasteiger partial charge is 0.300 e. The zero-order chi connectivity index (χ0) is 22.3. The Morgan fingerprint density at radius 1 is 0.935 bits per heavy atom. The van der Waals surface area contributed by atoms with Crippen LogP contribution in [0.15, 0.2) is 72.3 Å². The summed E-state index contributed by atoms with van der Waals surface area (Å²) < 4.78 is 13.6. The number of phenolic OH excluding ortho intramolecular Hbond substituents is 1. The molecule has 31 heavy (non-hydrogen) atoms. The molecule has 3 aromatic rings. The van der Waals surface area contributed by atoms with Crippen LogP contribution in [-0.4, -0.2) is 21.9 Å². The number of carbonyl (C=O) groups excluding carboxylic acids is 2. The van der Waals surface area contributed by atoms with E-state index in [9.17, 15) is 24.2 Å². The number of phenols is 1. The number of anilines is 1. The van der Waals surface area contributed by atoms with Gasteiger partial charge in [0, 0.05) is 5.56 Å². The third kappa shape index (κ3) is 3.46. The van der Waals surface area contributed by atoms with Gasteiger partial charge in [-0.05, 0) is 60.9 Å². The monoisotopic (exact) mass is 417 g/mol. The van der Waals surface area contributed by atoms with Gasteiger partial charge in [-0.25, -0.2) is 4.39 Å². The Bertz CT molecular complexity index is 1230. The van der Waals surface area contributed by atoms with Crippen LogP contribution in [0.2, 0.25) is 0 Å². The topological polar surface area (TPSA) is 77.8 Å². The molecule has 6 heteroatoms. The molecule has 2 N–H and O–H groups in total. The molecule has 1 heterocycles. The Hall–Kier alpha value is -3.93. The molecule has 1 amide bonds. The van der Waals surface area contributed by atoms with Crippen LogP contribution in [0.4, 0.5) is 10.1 Å². The predicted molar refractivity (Wildman–Crippen MR) is 115 cm³/mol. The maximum Gasteiger partial charge on any atom is 0.300 e. The quantitative estimate of drug-likeness (QED) is 0.365. The van der Waals surface area contributed by atoms with E-state index in [1.807, 2.05) is 19.9 Å². The summed E-state index contributed by atoms with van der Waals surface area (Å²) in [5.41, 5.74) is 2.75. The van der Waals surface area contributed by atoms with Gasteiger partial charge in [-0.2, -0.15) is 0 Å². The largest absolute Gasteiger partial charge is 0.507 e. The lowest BCUT2D eigenvalue weighted by Crippen LogP contribution is -2.29. The first kappa shape index (κ1) is 20.3. The Kier molecular flexibility index (Phi) is 5.07. The fourth-order valence-electron chi connectivity index (χ4n) is 3.75. The number of aliphatic hydroxyl groups excluding tert-OH is 1. The van der Waals surface area contributed by atoms with Crippen molar-refractivity contribution >= 4 is 23.1 Å². The second-order valence-corrected chi connectivity index (χ2v) is 7.51. The van der Waals surface area contributed by atoms with Gasteiger partial charge in [0.15, 0.2) is 0 Å². The number of aromatic hydroxyl groups is 1. The van der Waals surface area contributed by atoms with Crippen LogP contribution in [0.3, 0.4) is 0 Å². The van der Waals surface area contributed by atoms with Crippen LogP contribution in [0.25, 0.3) is 5.76 Å². The molecular weight excluding hydrogens is 397 g/mol. The minimum Gasteiger partial charge on any atom is -0.507 e. The van der Waals surface area contributed by atoms with Crippen molar-refractivity contribution in [3.8, 4) is 5.75 Å². The number of rotatable bonds is 3. The average molecular weight is 417 g/mol. The summed E-state index contributed by atoms with van der Waals surface area (Å²) in [6.45, 7) is 3.80. The van der Waals surface area contributed by atoms with Crippen LogP contribution in [0, 0.1) is 19.7 Å². The summed E-state index contributed by atoms with van der Waals surface area (Å²) in [6.07, 6.45) is 0. The third-order valence-electron chi connectivity index (χ3n) is 5.55. The van der Waals surface area contributed by atoms with Crippen LogP contribution in [-0.2, 0) is 9.59 Å². The minimum atomic E-state index is -1.03. The Balaban J connectivity index is 1.97. The van der Waals surface area contributed by atoms with Crippen molar-refractivity contribution in [3.05, 3.63) is 100 Å². The van der Waals surface area contributed by atoms with E-state index in [1.54, 1.807) is 24.3 Å². The van der Waals surface area contributed by atoms with Crippen LogP contribution >= 0.6 is 0 Å². The summed E-state index contributed by atoms with van der Waals surface area (Å²) >= 11 is 0. The summed E-state index contributed by atoms with van der Waals surface area (Å²) in [5, 5.41) is 21.4. The zero-order valence-electron chi connectivity index (χ0n) is 17.0. The number of benzene rings is 3. The Labute approximate surface area is 178 Å². The lowest BCUT2D eigenvalue weighted by molar-refractivity contribution is -0.132. The van der Waals surface area contributed by atoms with Gasteiger partial charge in [-0.1, -0.05) is 36.4 Å². The summed E-state index contributed by atoms with van der Waals surface area (Å²) in [7, 11) is 0. The number of nitrogens with zero attached hydrogens (tertiary/aromatic N) is 1. The molecule has 0 bridgehead atoms. The fraction of sp³-hybridized carbons (Fsp3) is 0.120. The van der Waals surface area contributed by atoms with Gasteiger partial charge in [0.1, 0.15) is 17.3 Å². The van der Waals surface area contributed by atoms with Gasteiger partial charge >= 0.3 is 0 Å². The number of amides is 1. The minimum absolute atomic E-state index is 0.122. The molecule has 1 atom stereocenters. The number of halogens is 1. The number of Topliss-reactive ketones (excluding diaryl/α,β-unsaturated/α-hetero) is 1. The lowest BCUT2D eigenvalue weighted by Gasteiger charge is -2.26. The van der Waals surface area contributed by atoms with Crippen LogP contribution < -0.4 is 4.90 Å². The molecule has 0 radical (unpaired) electrons. The maximum atomic E-state index is 13.6. The third-order valence-corrected chi connectivity index (χ3v) is 5.55. The van der Waals surface area contributed by atoms with Crippen molar-refractivity contribution < 1.29 is 24.2 Å². The van der Waals surface area contributed by atoms with E-state index < -0.39 is 23.5 Å². The van der Waals surface area contributed by atoms with Gasteiger partial charge in [-0.15, -0.1) is 0 Å². The van der Waals surface area contributed by atoms with Gasteiger partial charge in [0.05, 0.1) is 17.3 Å². The lowest BCUT2D eigenvalue weighted by atomic mass is 9.94. The second-order valence-electron chi connectivity index (χ2n) is 7.51. The van der Waals surface area contributed by atoms with Crippen molar-refractivity contribution in [2.75, 3.05) is 4.90 Å². The van der Waals surface area contributed by atoms with Crippen molar-refractivity contribution in [2.24, 2.45) is 0 Å². The molecule has 5 nitrogen and oxygen atoms in total. The highest BCUT2D eigenvalue weighted by atomic mass is 19.1. The van der Waals surface area contributed by atoms with Gasteiger partial charge in [0.2, 0.25) is 0 Å². The van der Waals surface area contributed by atoms with Crippen molar-refractivity contribution in [3.63, 3.8) is 0 Å². The van der Waals surface area contributed by atoms with E-state index >= 15 is 0 Å². The molecule has 1 saturated heterocycles. The number of aliphatic hydroxyl groups is 1. The van der Waals surface area contributed by atoms with E-state index in [4.69, 9.17) is 0 Å². The van der Waals surface area contributed by atoms with Crippen molar-refractivity contribution in [2.45, 2.75) is 19.9 Å². The maximum absolute atomic E-state index is 13.6. The predicted octanol–water partition coefficient (Wildman–Crippen LogP) is 4.77. The summed E-state index contributed by atoms with van der Waals surface area (Å²) in [5.74, 6) is -2.76. The molecule has 156 valence electrons. The summed E-state index contributed by atoms with van der Waals surface area (Å²) in [4.78, 5) is 27.2. The van der Waals surface area contributed by atoms with Gasteiger partial charge in [-0.3, -0.25) is 14.5 Å². The molecule has 1 fully saturated rings. The SMILES string of the molecule is Cc1ccc(/C(O)=C2/C(=O)C(=O)N(c3ccccc3O)C2c2ccc(F)cc2)cc1C. The normalized spacial score (nSPS) is 17.9. The highest BCUT2D eigenvalue weighted by Crippen LogP contribution is 2.44. The molecular formula is C25H20FNO4. The Morgan fingerprint density at radius 3 is 2.26 bits per heavy atom. The van der Waals surface area contributed by atoms with Gasteiger partial charge < -0.3 is 10.2 Å². The molecule has 0 aromatic heterocycles. The molecule has 0 spiro atoms. The van der Waals surface area contributed by atoms with Crippen LogP contribution in [0.1, 0.15) is 28.3 Å². The number of ketones is 1. The molecule has 1 aliphatic heterocycles. The van der Waals surface area contributed by atoms with Crippen LogP contribution in [0.5, 0.6) is 5.75 Å². The first-order valence-corrected chi connectivity index (χ1v) is 9.71. The Morgan fingerprint density at radius 2 is 1.61 bits per heavy atom. The second kappa shape index (κ2) is 7.72. The van der Waals surface area contributed by atoms with E-state index in [0.29, 0.717) is 11.1 Å². The van der Waals surface area contributed by atoms with E-state index in [-0.39, 0.29) is 22.8 Å². The molecule has 4 rings (SSSR count). The average Bonchev–Trinajstić information content (AvgIpc) is 3.01. The highest BCUT2D eigenvalue weighted by Gasteiger charge is 2.47. The number of hydrogen-bond acceptors (Lipinski definition) is 4. The number of hydrogen-bond donors (Lipinski definition) is 2. The molecule has 1 unspecified atom stereocenters. The molecule has 0 aliphatic carbocycles. The molecule has 3 aromatic carbocycles.